The van der Waals surface area contributed by atoms with Gasteiger partial charge in [-0.05, 0) is 31.1 Å². The first kappa shape index (κ1) is 31.8. The van der Waals surface area contributed by atoms with Crippen molar-refractivity contribution in [3.8, 4) is 0 Å². The molecule has 0 radical (unpaired) electrons. The van der Waals surface area contributed by atoms with E-state index in [2.05, 4.69) is 12.2 Å². The van der Waals surface area contributed by atoms with Crippen LogP contribution in [0.25, 0.3) is 0 Å². The molecule has 5 nitrogen and oxygen atoms in total. The van der Waals surface area contributed by atoms with Gasteiger partial charge < -0.3 is 14.8 Å². The van der Waals surface area contributed by atoms with Crippen LogP contribution in [0.4, 0.5) is 4.79 Å². The number of carbonyl (C=O) groups is 2. The Morgan fingerprint density at radius 1 is 0.714 bits per heavy atom. The summed E-state index contributed by atoms with van der Waals surface area (Å²) in [6.45, 7) is 7.08. The van der Waals surface area contributed by atoms with Crippen molar-refractivity contribution in [3.05, 3.63) is 0 Å². The third-order valence-electron chi connectivity index (χ3n) is 7.19. The molecule has 1 aliphatic carbocycles. The maximum absolute atomic E-state index is 12.8. The highest BCUT2D eigenvalue weighted by atomic mass is 16.6. The topological polar surface area (TPSA) is 64.6 Å². The number of unbranched alkanes of at least 4 members (excludes halogenated alkanes) is 14. The predicted molar refractivity (Wildman–Crippen MR) is 146 cm³/mol. The highest BCUT2D eigenvalue weighted by Crippen LogP contribution is 2.27. The van der Waals surface area contributed by atoms with E-state index in [0.29, 0.717) is 13.2 Å². The van der Waals surface area contributed by atoms with Gasteiger partial charge in [0.05, 0.1) is 13.2 Å². The van der Waals surface area contributed by atoms with Crippen LogP contribution in [0.1, 0.15) is 149 Å². The van der Waals surface area contributed by atoms with Crippen LogP contribution in [0.2, 0.25) is 0 Å². The molecule has 1 unspecified atom stereocenters. The zero-order valence-corrected chi connectivity index (χ0v) is 23.4. The van der Waals surface area contributed by atoms with Gasteiger partial charge in [-0.15, -0.1) is 0 Å². The van der Waals surface area contributed by atoms with Gasteiger partial charge in [0.15, 0.2) is 0 Å². The minimum atomic E-state index is -0.577. The summed E-state index contributed by atoms with van der Waals surface area (Å²) in [7, 11) is 0. The normalized spacial score (nSPS) is 15.2. The molecular formula is C30H57NO4. The Balaban J connectivity index is 2.08. The van der Waals surface area contributed by atoms with Crippen molar-refractivity contribution in [2.45, 2.75) is 155 Å². The standard InChI is InChI=1S/C30H57NO4/c1-4-5-6-7-8-9-10-11-12-13-14-15-16-17-21-24-34-29(32)28(27-22-19-18-20-23-27)31-30(33)35-25-26(2)3/h26-28H,4-25H2,1-3H3,(H,31,33). The average Bonchev–Trinajstić information content (AvgIpc) is 2.86. The van der Waals surface area contributed by atoms with Crippen LogP contribution >= 0.6 is 0 Å². The Bertz CT molecular complexity index is 516. The first-order valence-corrected chi connectivity index (χ1v) is 15.1. The molecule has 206 valence electrons. The van der Waals surface area contributed by atoms with Crippen LogP contribution in [-0.4, -0.2) is 31.3 Å². The fraction of sp³-hybridized carbons (Fsp3) is 0.933. The number of ether oxygens (including phenoxy) is 2. The van der Waals surface area contributed by atoms with E-state index in [1.165, 1.54) is 89.9 Å². The minimum Gasteiger partial charge on any atom is -0.464 e. The largest absolute Gasteiger partial charge is 0.464 e. The summed E-state index contributed by atoms with van der Waals surface area (Å²) >= 11 is 0. The minimum absolute atomic E-state index is 0.156. The molecule has 0 aromatic rings. The van der Waals surface area contributed by atoms with E-state index in [-0.39, 0.29) is 17.8 Å². The van der Waals surface area contributed by atoms with Gasteiger partial charge in [0.2, 0.25) is 0 Å². The lowest BCUT2D eigenvalue weighted by Gasteiger charge is -2.29. The molecule has 1 atom stereocenters. The molecule has 0 aliphatic heterocycles. The lowest BCUT2D eigenvalue weighted by molar-refractivity contribution is -0.148. The van der Waals surface area contributed by atoms with Crippen LogP contribution in [0.5, 0.6) is 0 Å². The molecule has 0 bridgehead atoms. The van der Waals surface area contributed by atoms with Crippen molar-refractivity contribution in [2.24, 2.45) is 11.8 Å². The van der Waals surface area contributed by atoms with E-state index < -0.39 is 12.1 Å². The predicted octanol–water partition coefficient (Wildman–Crippen LogP) is 8.73. The molecule has 1 amide bonds. The Kier molecular flexibility index (Phi) is 19.9. The molecule has 1 aliphatic rings. The number of esters is 1. The van der Waals surface area contributed by atoms with Crippen molar-refractivity contribution < 1.29 is 19.1 Å². The Hall–Kier alpha value is -1.26. The molecule has 1 saturated carbocycles. The van der Waals surface area contributed by atoms with Crippen LogP contribution in [0.15, 0.2) is 0 Å². The molecule has 0 spiro atoms. The third-order valence-corrected chi connectivity index (χ3v) is 7.19. The van der Waals surface area contributed by atoms with Crippen LogP contribution in [0.3, 0.4) is 0 Å². The van der Waals surface area contributed by atoms with E-state index in [4.69, 9.17) is 9.47 Å². The summed E-state index contributed by atoms with van der Waals surface area (Å²) in [6.07, 6.45) is 24.6. The number of rotatable bonds is 21. The van der Waals surface area contributed by atoms with E-state index >= 15 is 0 Å². The molecule has 5 heteroatoms. The Morgan fingerprint density at radius 3 is 1.69 bits per heavy atom. The fourth-order valence-corrected chi connectivity index (χ4v) is 4.98. The van der Waals surface area contributed by atoms with Crippen LogP contribution in [-0.2, 0) is 14.3 Å². The SMILES string of the molecule is CCCCCCCCCCCCCCCCCOC(=O)C(NC(=O)OCC(C)C)C1CCCCC1. The maximum atomic E-state index is 12.8. The summed E-state index contributed by atoms with van der Waals surface area (Å²) in [6, 6.07) is -0.577. The first-order valence-electron chi connectivity index (χ1n) is 15.1. The van der Waals surface area contributed by atoms with E-state index in [1.807, 2.05) is 13.8 Å². The Labute approximate surface area is 216 Å². The summed E-state index contributed by atoms with van der Waals surface area (Å²) in [5, 5.41) is 2.81. The van der Waals surface area contributed by atoms with Gasteiger partial charge in [0.1, 0.15) is 6.04 Å². The highest BCUT2D eigenvalue weighted by molar-refractivity contribution is 5.81. The smallest absolute Gasteiger partial charge is 0.407 e. The van der Waals surface area contributed by atoms with Crippen molar-refractivity contribution >= 4 is 12.1 Å². The van der Waals surface area contributed by atoms with Crippen molar-refractivity contribution in [1.82, 2.24) is 5.32 Å². The second-order valence-electron chi connectivity index (χ2n) is 11.1. The number of alkyl carbamates (subject to hydrolysis) is 1. The zero-order chi connectivity index (χ0) is 25.6. The monoisotopic (exact) mass is 495 g/mol. The van der Waals surface area contributed by atoms with Gasteiger partial charge in [0, 0.05) is 0 Å². The molecule has 0 aromatic heterocycles. The average molecular weight is 496 g/mol. The zero-order valence-electron chi connectivity index (χ0n) is 23.4. The second-order valence-corrected chi connectivity index (χ2v) is 11.1. The molecule has 1 rings (SSSR count). The van der Waals surface area contributed by atoms with Crippen molar-refractivity contribution in [3.63, 3.8) is 0 Å². The molecule has 0 saturated heterocycles. The van der Waals surface area contributed by atoms with Gasteiger partial charge in [-0.3, -0.25) is 0 Å². The lowest BCUT2D eigenvalue weighted by atomic mass is 9.84. The number of carbonyl (C=O) groups excluding carboxylic acids is 2. The number of hydrogen-bond acceptors (Lipinski definition) is 4. The van der Waals surface area contributed by atoms with Gasteiger partial charge in [-0.25, -0.2) is 9.59 Å². The lowest BCUT2D eigenvalue weighted by Crippen LogP contribution is -2.47. The van der Waals surface area contributed by atoms with E-state index in [9.17, 15) is 9.59 Å². The van der Waals surface area contributed by atoms with Gasteiger partial charge in [0.25, 0.3) is 0 Å². The quantitative estimate of drug-likeness (QED) is 0.128. The number of nitrogens with one attached hydrogen (secondary N) is 1. The Morgan fingerprint density at radius 2 is 1.20 bits per heavy atom. The van der Waals surface area contributed by atoms with Gasteiger partial charge in [-0.2, -0.15) is 0 Å². The van der Waals surface area contributed by atoms with Crippen LogP contribution < -0.4 is 5.32 Å². The summed E-state index contributed by atoms with van der Waals surface area (Å²) in [5.74, 6) is 0.138. The van der Waals surface area contributed by atoms with Gasteiger partial charge >= 0.3 is 12.1 Å². The second kappa shape index (κ2) is 22.0. The molecule has 0 aromatic carbocycles. The summed E-state index contributed by atoms with van der Waals surface area (Å²) in [5.41, 5.74) is 0. The van der Waals surface area contributed by atoms with Gasteiger partial charge in [-0.1, -0.05) is 130 Å². The number of hydrogen-bond donors (Lipinski definition) is 1. The van der Waals surface area contributed by atoms with Crippen molar-refractivity contribution in [2.75, 3.05) is 13.2 Å². The molecular weight excluding hydrogens is 438 g/mol. The summed E-state index contributed by atoms with van der Waals surface area (Å²) < 4.78 is 10.8. The van der Waals surface area contributed by atoms with Crippen LogP contribution in [0, 0.1) is 11.8 Å². The molecule has 35 heavy (non-hydrogen) atoms. The van der Waals surface area contributed by atoms with E-state index in [1.54, 1.807) is 0 Å². The molecule has 0 heterocycles. The highest BCUT2D eigenvalue weighted by Gasteiger charge is 2.32. The van der Waals surface area contributed by atoms with Crippen molar-refractivity contribution in [1.29, 1.82) is 0 Å². The van der Waals surface area contributed by atoms with E-state index in [0.717, 1.165) is 38.5 Å². The summed E-state index contributed by atoms with van der Waals surface area (Å²) in [4.78, 5) is 25.0. The third kappa shape index (κ3) is 17.8. The fourth-order valence-electron chi connectivity index (χ4n) is 4.98. The maximum Gasteiger partial charge on any atom is 0.407 e. The first-order chi connectivity index (χ1) is 17.0. The number of amides is 1. The molecule has 1 N–H and O–H groups in total. The molecule has 1 fully saturated rings.